The Balaban J connectivity index is 1.18. The van der Waals surface area contributed by atoms with E-state index in [1.807, 2.05) is 6.07 Å². The Morgan fingerprint density at radius 2 is 1.82 bits per heavy atom. The van der Waals surface area contributed by atoms with Gasteiger partial charge in [0.05, 0.1) is 11.7 Å². The second kappa shape index (κ2) is 9.75. The molecule has 7 nitrogen and oxygen atoms in total. The van der Waals surface area contributed by atoms with Crippen LogP contribution >= 0.6 is 0 Å². The molecule has 0 fully saturated rings. The molecule has 0 spiro atoms. The lowest BCUT2D eigenvalue weighted by Gasteiger charge is -2.34. The van der Waals surface area contributed by atoms with E-state index in [-0.39, 0.29) is 11.8 Å². The number of nitrogens with zero attached hydrogens (tertiary/aromatic N) is 3. The number of aromatic nitrogens is 1. The summed E-state index contributed by atoms with van der Waals surface area (Å²) < 4.78 is 0. The van der Waals surface area contributed by atoms with Crippen LogP contribution in [-0.2, 0) is 19.4 Å². The van der Waals surface area contributed by atoms with Crippen LogP contribution in [0.1, 0.15) is 37.4 Å². The average molecular weight is 457 g/mol. The summed E-state index contributed by atoms with van der Waals surface area (Å²) in [7, 11) is 0. The highest BCUT2D eigenvalue weighted by Gasteiger charge is 2.27. The van der Waals surface area contributed by atoms with Gasteiger partial charge >= 0.3 is 0 Å². The van der Waals surface area contributed by atoms with Crippen molar-refractivity contribution in [1.82, 2.24) is 14.8 Å². The van der Waals surface area contributed by atoms with Gasteiger partial charge in [0.25, 0.3) is 11.8 Å². The molecular weight excluding hydrogens is 428 g/mol. The molecule has 2 aliphatic rings. The maximum absolute atomic E-state index is 13.1. The van der Waals surface area contributed by atoms with Crippen LogP contribution in [0.4, 0.5) is 5.69 Å². The molecule has 3 aromatic rings. The SMILES string of the molecule is O=C(Nc1ccc2c(c1)CCN(C[C@H](O)CN1CCc3ccccc3C1)C2=O)c1cccnc1. The summed E-state index contributed by atoms with van der Waals surface area (Å²) in [5, 5.41) is 13.6. The van der Waals surface area contributed by atoms with E-state index in [1.165, 1.54) is 17.3 Å². The molecule has 7 heteroatoms. The van der Waals surface area contributed by atoms with Gasteiger partial charge in [-0.15, -0.1) is 0 Å². The molecule has 1 atom stereocenters. The van der Waals surface area contributed by atoms with Gasteiger partial charge in [-0.25, -0.2) is 0 Å². The molecular formula is C27H28N4O3. The van der Waals surface area contributed by atoms with E-state index >= 15 is 0 Å². The minimum Gasteiger partial charge on any atom is -0.390 e. The number of nitrogens with one attached hydrogen (secondary N) is 1. The van der Waals surface area contributed by atoms with Crippen LogP contribution < -0.4 is 5.32 Å². The average Bonchev–Trinajstić information content (AvgIpc) is 2.86. The second-order valence-corrected chi connectivity index (χ2v) is 8.98. The fourth-order valence-corrected chi connectivity index (χ4v) is 4.81. The van der Waals surface area contributed by atoms with Crippen LogP contribution in [0.3, 0.4) is 0 Å². The zero-order valence-electron chi connectivity index (χ0n) is 19.0. The van der Waals surface area contributed by atoms with Crippen LogP contribution in [0.15, 0.2) is 67.0 Å². The Hall–Kier alpha value is -3.55. The highest BCUT2D eigenvalue weighted by molar-refractivity contribution is 6.04. The molecule has 2 amide bonds. The lowest BCUT2D eigenvalue weighted by molar-refractivity contribution is 0.0493. The largest absolute Gasteiger partial charge is 0.390 e. The summed E-state index contributed by atoms with van der Waals surface area (Å²) >= 11 is 0. The molecule has 174 valence electrons. The van der Waals surface area contributed by atoms with E-state index in [0.717, 1.165) is 25.1 Å². The Morgan fingerprint density at radius 1 is 1.00 bits per heavy atom. The quantitative estimate of drug-likeness (QED) is 0.596. The number of carbonyl (C=O) groups is 2. The lowest BCUT2D eigenvalue weighted by atomic mass is 9.97. The smallest absolute Gasteiger partial charge is 0.257 e. The van der Waals surface area contributed by atoms with Crippen molar-refractivity contribution in [3.8, 4) is 0 Å². The minimum atomic E-state index is -0.603. The number of fused-ring (bicyclic) bond motifs is 2. The standard InChI is InChI=1S/C27H28N4O3/c32-24(17-30-12-9-19-4-1-2-5-22(19)16-30)18-31-13-10-20-14-23(7-8-25(20)27(31)34)29-26(33)21-6-3-11-28-15-21/h1-8,11,14-15,24,32H,9-10,12-13,16-18H2,(H,29,33)/t24-/m1/s1. The molecule has 2 N–H and O–H groups in total. The van der Waals surface area contributed by atoms with Crippen LogP contribution in [-0.4, -0.2) is 64.0 Å². The normalized spacial score (nSPS) is 16.5. The van der Waals surface area contributed by atoms with Gasteiger partial charge < -0.3 is 15.3 Å². The Labute approximate surface area is 199 Å². The van der Waals surface area contributed by atoms with Gasteiger partial charge in [-0.05, 0) is 59.9 Å². The van der Waals surface area contributed by atoms with Crippen molar-refractivity contribution in [2.45, 2.75) is 25.5 Å². The maximum atomic E-state index is 13.1. The molecule has 0 saturated carbocycles. The van der Waals surface area contributed by atoms with E-state index in [0.29, 0.717) is 42.9 Å². The zero-order chi connectivity index (χ0) is 23.5. The number of β-amino-alcohol motifs (C(OH)–C–C–N with tert-alkyl or cyclic N) is 1. The van der Waals surface area contributed by atoms with E-state index in [9.17, 15) is 14.7 Å². The molecule has 0 unspecified atom stereocenters. The van der Waals surface area contributed by atoms with Gasteiger partial charge in [-0.3, -0.25) is 19.5 Å². The number of hydrogen-bond acceptors (Lipinski definition) is 5. The molecule has 34 heavy (non-hydrogen) atoms. The van der Waals surface area contributed by atoms with Crippen molar-refractivity contribution in [1.29, 1.82) is 0 Å². The Morgan fingerprint density at radius 3 is 2.65 bits per heavy atom. The van der Waals surface area contributed by atoms with Crippen LogP contribution in [0, 0.1) is 0 Å². The first-order valence-electron chi connectivity index (χ1n) is 11.7. The number of hydrogen-bond donors (Lipinski definition) is 2. The highest BCUT2D eigenvalue weighted by Crippen LogP contribution is 2.24. The van der Waals surface area contributed by atoms with Gasteiger partial charge in [0.1, 0.15) is 0 Å². The Kier molecular flexibility index (Phi) is 6.38. The van der Waals surface area contributed by atoms with Gasteiger partial charge in [0.15, 0.2) is 0 Å². The van der Waals surface area contributed by atoms with Crippen molar-refractivity contribution in [2.75, 3.05) is 31.5 Å². The summed E-state index contributed by atoms with van der Waals surface area (Å²) in [6, 6.07) is 17.2. The van der Waals surface area contributed by atoms with Gasteiger partial charge in [-0.2, -0.15) is 0 Å². The fraction of sp³-hybridized carbons (Fsp3) is 0.296. The summed E-state index contributed by atoms with van der Waals surface area (Å²) in [6.45, 7) is 3.15. The van der Waals surface area contributed by atoms with Crippen molar-refractivity contribution in [3.05, 3.63) is 94.8 Å². The van der Waals surface area contributed by atoms with E-state index in [1.54, 1.807) is 35.4 Å². The third-order valence-corrected chi connectivity index (χ3v) is 6.57. The first-order valence-corrected chi connectivity index (χ1v) is 11.7. The predicted octanol–water partition coefficient (Wildman–Crippen LogP) is 2.75. The number of carbonyl (C=O) groups excluding carboxylic acids is 2. The molecule has 3 heterocycles. The zero-order valence-corrected chi connectivity index (χ0v) is 19.0. The van der Waals surface area contributed by atoms with Crippen LogP contribution in [0.5, 0.6) is 0 Å². The molecule has 0 bridgehead atoms. The summed E-state index contributed by atoms with van der Waals surface area (Å²) in [5.41, 5.74) is 5.37. The summed E-state index contributed by atoms with van der Waals surface area (Å²) in [4.78, 5) is 33.4. The fourth-order valence-electron chi connectivity index (χ4n) is 4.81. The molecule has 0 saturated heterocycles. The van der Waals surface area contributed by atoms with Gasteiger partial charge in [0.2, 0.25) is 0 Å². The molecule has 2 aromatic carbocycles. The van der Waals surface area contributed by atoms with Crippen molar-refractivity contribution in [2.24, 2.45) is 0 Å². The van der Waals surface area contributed by atoms with Crippen molar-refractivity contribution < 1.29 is 14.7 Å². The minimum absolute atomic E-state index is 0.0746. The second-order valence-electron chi connectivity index (χ2n) is 8.98. The van der Waals surface area contributed by atoms with Crippen molar-refractivity contribution in [3.63, 3.8) is 0 Å². The van der Waals surface area contributed by atoms with Gasteiger partial charge in [-0.1, -0.05) is 24.3 Å². The topological polar surface area (TPSA) is 85.8 Å². The Bertz CT molecular complexity index is 1200. The summed E-state index contributed by atoms with van der Waals surface area (Å²) in [6.07, 6.45) is 4.20. The number of aliphatic hydroxyl groups excluding tert-OH is 1. The number of anilines is 1. The summed E-state index contributed by atoms with van der Waals surface area (Å²) in [5.74, 6) is -0.310. The third-order valence-electron chi connectivity index (χ3n) is 6.57. The van der Waals surface area contributed by atoms with E-state index < -0.39 is 6.10 Å². The third kappa shape index (κ3) is 4.85. The van der Waals surface area contributed by atoms with Crippen LogP contribution in [0.2, 0.25) is 0 Å². The lowest BCUT2D eigenvalue weighted by Crippen LogP contribution is -2.46. The predicted molar refractivity (Wildman–Crippen MR) is 130 cm³/mol. The number of aliphatic hydroxyl groups is 1. The molecule has 2 aliphatic heterocycles. The molecule has 5 rings (SSSR count). The number of benzene rings is 2. The number of rotatable bonds is 6. The number of pyridine rings is 1. The highest BCUT2D eigenvalue weighted by atomic mass is 16.3. The first kappa shape index (κ1) is 22.3. The molecule has 1 aromatic heterocycles. The maximum Gasteiger partial charge on any atom is 0.257 e. The monoisotopic (exact) mass is 456 g/mol. The van der Waals surface area contributed by atoms with Crippen molar-refractivity contribution >= 4 is 17.5 Å². The van der Waals surface area contributed by atoms with E-state index in [4.69, 9.17) is 0 Å². The van der Waals surface area contributed by atoms with E-state index in [2.05, 4.69) is 39.5 Å². The molecule has 0 radical (unpaired) electrons. The first-order chi connectivity index (χ1) is 16.6. The number of amides is 2. The molecule has 0 aliphatic carbocycles. The van der Waals surface area contributed by atoms with Gasteiger partial charge in [0, 0.05) is 56.4 Å². The van der Waals surface area contributed by atoms with Crippen LogP contribution in [0.25, 0.3) is 0 Å².